The van der Waals surface area contributed by atoms with Gasteiger partial charge in [0.25, 0.3) is 0 Å². The highest BCUT2D eigenvalue weighted by Gasteiger charge is 2.15. The topological polar surface area (TPSA) is 36.4 Å². The van der Waals surface area contributed by atoms with Gasteiger partial charge < -0.3 is 5.32 Å². The minimum Gasteiger partial charge on any atom is -0.353 e. The first-order chi connectivity index (χ1) is 5.25. The number of hydrogen-bond donors (Lipinski definition) is 2. The van der Waals surface area contributed by atoms with E-state index in [4.69, 9.17) is 0 Å². The maximum atomic E-state index is 4.24. The summed E-state index contributed by atoms with van der Waals surface area (Å²) in [5.74, 6) is 0.539. The Morgan fingerprint density at radius 3 is 2.82 bits per heavy atom. The molecule has 1 atom stereocenters. The molecule has 3 nitrogen and oxygen atoms in total. The number of likely N-dealkylation sites (N-methyl/N-ethyl adjacent to an activating group) is 1. The minimum absolute atomic E-state index is 0.163. The van der Waals surface area contributed by atoms with E-state index >= 15 is 0 Å². The smallest absolute Gasteiger partial charge is 0.124 e. The fourth-order valence-electron chi connectivity index (χ4n) is 1.14. The average Bonchev–Trinajstić information content (AvgIpc) is 2.04. The number of nitrogens with zero attached hydrogens (tertiary/aromatic N) is 1. The van der Waals surface area contributed by atoms with Crippen molar-refractivity contribution in [3.8, 4) is 0 Å². The maximum Gasteiger partial charge on any atom is 0.124 e. The predicted octanol–water partition coefficient (Wildman–Crippen LogP) is 0.703. The third kappa shape index (κ3) is 1.80. The Morgan fingerprint density at radius 2 is 2.36 bits per heavy atom. The molecule has 1 aliphatic rings. The van der Waals surface area contributed by atoms with Crippen LogP contribution >= 0.6 is 0 Å². The van der Waals surface area contributed by atoms with Gasteiger partial charge in [0.05, 0.1) is 6.34 Å². The highest BCUT2D eigenvalue weighted by atomic mass is 15.1. The number of hydrogen-bond acceptors (Lipinski definition) is 3. The summed E-state index contributed by atoms with van der Waals surface area (Å²) in [6.45, 7) is 4.33. The molecule has 3 heteroatoms. The Bertz CT molecular complexity index is 182. The Balaban J connectivity index is 2.68. The van der Waals surface area contributed by atoms with Gasteiger partial charge in [-0.3, -0.25) is 10.3 Å². The molecular formula is C8H15N3. The summed E-state index contributed by atoms with van der Waals surface area (Å²) in [5, 5.41) is 6.12. The van der Waals surface area contributed by atoms with E-state index in [2.05, 4.69) is 29.5 Å². The molecule has 11 heavy (non-hydrogen) atoms. The zero-order chi connectivity index (χ0) is 8.27. The first-order valence-electron chi connectivity index (χ1n) is 3.90. The molecule has 0 bridgehead atoms. The molecule has 2 N–H and O–H groups in total. The Hall–Kier alpha value is -0.830. The van der Waals surface area contributed by atoms with Crippen LogP contribution in [0.2, 0.25) is 0 Å². The fourth-order valence-corrected chi connectivity index (χ4v) is 1.14. The van der Waals surface area contributed by atoms with Crippen LogP contribution in [0.25, 0.3) is 0 Å². The predicted molar refractivity (Wildman–Crippen MR) is 47.4 cm³/mol. The second kappa shape index (κ2) is 3.53. The third-order valence-corrected chi connectivity index (χ3v) is 1.80. The quantitative estimate of drug-likeness (QED) is 0.612. The van der Waals surface area contributed by atoms with Crippen molar-refractivity contribution in [1.82, 2.24) is 10.6 Å². The summed E-state index contributed by atoms with van der Waals surface area (Å²) in [7, 11) is 1.92. The van der Waals surface area contributed by atoms with Gasteiger partial charge in [-0.15, -0.1) is 0 Å². The van der Waals surface area contributed by atoms with Gasteiger partial charge in [-0.2, -0.15) is 0 Å². The first kappa shape index (κ1) is 8.27. The standard InChI is InChI=1S/C8H15N3/c1-6(2)7-4-10-5-11-8(7)9-3/h4-6,8-9H,1-3H3,(H,10,11). The van der Waals surface area contributed by atoms with E-state index in [-0.39, 0.29) is 6.17 Å². The van der Waals surface area contributed by atoms with Crippen LogP contribution in [0.5, 0.6) is 0 Å². The lowest BCUT2D eigenvalue weighted by atomic mass is 10.0. The maximum absolute atomic E-state index is 4.24. The van der Waals surface area contributed by atoms with Gasteiger partial charge in [0.2, 0.25) is 0 Å². The molecule has 1 unspecified atom stereocenters. The van der Waals surface area contributed by atoms with Gasteiger partial charge in [-0.25, -0.2) is 0 Å². The van der Waals surface area contributed by atoms with Crippen LogP contribution in [-0.2, 0) is 0 Å². The monoisotopic (exact) mass is 153 g/mol. The number of rotatable bonds is 2. The Morgan fingerprint density at radius 1 is 1.64 bits per heavy atom. The molecule has 0 aromatic rings. The normalized spacial score (nSPS) is 23.3. The van der Waals surface area contributed by atoms with Crippen LogP contribution in [0.15, 0.2) is 16.8 Å². The summed E-state index contributed by atoms with van der Waals surface area (Å²) in [6, 6.07) is 0. The zero-order valence-corrected chi connectivity index (χ0v) is 7.26. The minimum atomic E-state index is 0.163. The van der Waals surface area contributed by atoms with Crippen LogP contribution in [0.1, 0.15) is 13.8 Å². The first-order valence-corrected chi connectivity index (χ1v) is 3.90. The third-order valence-electron chi connectivity index (χ3n) is 1.80. The van der Waals surface area contributed by atoms with Crippen molar-refractivity contribution < 1.29 is 0 Å². The summed E-state index contributed by atoms with van der Waals surface area (Å²) in [5.41, 5.74) is 1.30. The second-order valence-electron chi connectivity index (χ2n) is 2.94. The van der Waals surface area contributed by atoms with Gasteiger partial charge in [0, 0.05) is 6.20 Å². The van der Waals surface area contributed by atoms with Gasteiger partial charge in [0.15, 0.2) is 0 Å². The zero-order valence-electron chi connectivity index (χ0n) is 7.26. The fraction of sp³-hybridized carbons (Fsp3) is 0.625. The van der Waals surface area contributed by atoms with Crippen molar-refractivity contribution in [2.24, 2.45) is 10.9 Å². The van der Waals surface area contributed by atoms with E-state index in [0.29, 0.717) is 5.92 Å². The molecule has 0 aliphatic carbocycles. The molecular weight excluding hydrogens is 138 g/mol. The molecule has 0 amide bonds. The second-order valence-corrected chi connectivity index (χ2v) is 2.94. The van der Waals surface area contributed by atoms with E-state index in [0.717, 1.165) is 0 Å². The molecule has 1 rings (SSSR count). The Labute approximate surface area is 67.6 Å². The molecule has 62 valence electrons. The van der Waals surface area contributed by atoms with Crippen LogP contribution in [-0.4, -0.2) is 19.6 Å². The van der Waals surface area contributed by atoms with Crippen molar-refractivity contribution in [2.45, 2.75) is 20.0 Å². The largest absolute Gasteiger partial charge is 0.353 e. The molecule has 0 radical (unpaired) electrons. The molecule has 0 aromatic carbocycles. The van der Waals surface area contributed by atoms with Crippen molar-refractivity contribution in [3.63, 3.8) is 0 Å². The molecule has 1 heterocycles. The van der Waals surface area contributed by atoms with E-state index in [1.165, 1.54) is 5.57 Å². The van der Waals surface area contributed by atoms with E-state index in [1.54, 1.807) is 6.34 Å². The number of nitrogens with one attached hydrogen (secondary N) is 2. The highest BCUT2D eigenvalue weighted by Crippen LogP contribution is 2.15. The van der Waals surface area contributed by atoms with E-state index < -0.39 is 0 Å². The SMILES string of the molecule is CNC1N=CNC=C1C(C)C. The summed E-state index contributed by atoms with van der Waals surface area (Å²) in [6.07, 6.45) is 3.89. The van der Waals surface area contributed by atoms with Gasteiger partial charge in [-0.05, 0) is 18.5 Å². The number of aliphatic imine (C=N–C) groups is 1. The Kier molecular flexibility index (Phi) is 2.65. The van der Waals surface area contributed by atoms with Crippen molar-refractivity contribution in [1.29, 1.82) is 0 Å². The molecule has 0 saturated heterocycles. The lowest BCUT2D eigenvalue weighted by molar-refractivity contribution is 0.575. The van der Waals surface area contributed by atoms with Gasteiger partial charge in [0.1, 0.15) is 6.17 Å². The lowest BCUT2D eigenvalue weighted by Gasteiger charge is -2.21. The molecule has 0 spiro atoms. The van der Waals surface area contributed by atoms with Crippen LogP contribution in [0, 0.1) is 5.92 Å². The highest BCUT2D eigenvalue weighted by molar-refractivity contribution is 5.58. The molecule has 0 fully saturated rings. The summed E-state index contributed by atoms with van der Waals surface area (Å²) >= 11 is 0. The lowest BCUT2D eigenvalue weighted by Crippen LogP contribution is -2.32. The van der Waals surface area contributed by atoms with E-state index in [9.17, 15) is 0 Å². The molecule has 1 aliphatic heterocycles. The molecule has 0 aromatic heterocycles. The van der Waals surface area contributed by atoms with E-state index in [1.807, 2.05) is 13.2 Å². The average molecular weight is 153 g/mol. The summed E-state index contributed by atoms with van der Waals surface area (Å²) < 4.78 is 0. The molecule has 0 saturated carbocycles. The summed E-state index contributed by atoms with van der Waals surface area (Å²) in [4.78, 5) is 4.24. The van der Waals surface area contributed by atoms with Crippen LogP contribution in [0.3, 0.4) is 0 Å². The van der Waals surface area contributed by atoms with Crippen molar-refractivity contribution in [3.05, 3.63) is 11.8 Å². The van der Waals surface area contributed by atoms with Crippen LogP contribution in [0.4, 0.5) is 0 Å². The van der Waals surface area contributed by atoms with Gasteiger partial charge in [-0.1, -0.05) is 13.8 Å². The van der Waals surface area contributed by atoms with Crippen molar-refractivity contribution >= 4 is 6.34 Å². The van der Waals surface area contributed by atoms with Gasteiger partial charge >= 0.3 is 0 Å². The van der Waals surface area contributed by atoms with Crippen LogP contribution < -0.4 is 10.6 Å². The van der Waals surface area contributed by atoms with Crippen molar-refractivity contribution in [2.75, 3.05) is 7.05 Å².